The van der Waals surface area contributed by atoms with E-state index in [0.29, 0.717) is 13.0 Å². The van der Waals surface area contributed by atoms with Crippen molar-refractivity contribution in [1.82, 2.24) is 5.32 Å². The van der Waals surface area contributed by atoms with E-state index in [2.05, 4.69) is 5.32 Å². The summed E-state index contributed by atoms with van der Waals surface area (Å²) < 4.78 is 52.8. The zero-order chi connectivity index (χ0) is 11.7. The largest absolute Gasteiger partial charge is 0.316 e. The lowest BCUT2D eigenvalue weighted by atomic mass is 9.90. The third-order valence-electron chi connectivity index (χ3n) is 2.85. The second-order valence-electron chi connectivity index (χ2n) is 3.93. The van der Waals surface area contributed by atoms with Gasteiger partial charge in [-0.15, -0.1) is 0 Å². The number of hydrogen-bond donors (Lipinski definition) is 1. The molecule has 1 aliphatic rings. The Kier molecular flexibility index (Phi) is 3.14. The Balaban J connectivity index is 2.45. The highest BCUT2D eigenvalue weighted by Crippen LogP contribution is 2.30. The van der Waals surface area contributed by atoms with E-state index >= 15 is 0 Å². The molecule has 1 aromatic carbocycles. The van der Waals surface area contributed by atoms with Gasteiger partial charge in [0.2, 0.25) is 0 Å². The van der Waals surface area contributed by atoms with Crippen LogP contribution in [0.5, 0.6) is 0 Å². The average molecular weight is 233 g/mol. The molecule has 16 heavy (non-hydrogen) atoms. The summed E-state index contributed by atoms with van der Waals surface area (Å²) in [7, 11) is 0. The number of piperidine rings is 1. The van der Waals surface area contributed by atoms with Gasteiger partial charge in [0.15, 0.2) is 23.3 Å². The molecule has 1 atom stereocenters. The topological polar surface area (TPSA) is 12.0 Å². The van der Waals surface area contributed by atoms with Crippen LogP contribution in [0.3, 0.4) is 0 Å². The standard InChI is InChI=1S/C11H11F4N/c12-7-4-8(13)11(15)9(10(7)14)6-2-1-3-16-5-6/h4,6,16H,1-3,5H2. The van der Waals surface area contributed by atoms with E-state index in [1.807, 2.05) is 0 Å². The Morgan fingerprint density at radius 1 is 1.06 bits per heavy atom. The first kappa shape index (κ1) is 11.4. The molecule has 1 unspecified atom stereocenters. The highest BCUT2D eigenvalue weighted by Gasteiger charge is 2.26. The van der Waals surface area contributed by atoms with Crippen LogP contribution in [-0.4, -0.2) is 13.1 Å². The van der Waals surface area contributed by atoms with E-state index < -0.39 is 34.8 Å². The molecule has 1 aromatic rings. The molecule has 1 heterocycles. The van der Waals surface area contributed by atoms with Gasteiger partial charge in [-0.2, -0.15) is 0 Å². The SMILES string of the molecule is Fc1cc(F)c(F)c(C2CCCNC2)c1F. The Hall–Kier alpha value is -1.10. The zero-order valence-electron chi connectivity index (χ0n) is 8.49. The molecule has 0 radical (unpaired) electrons. The first-order valence-corrected chi connectivity index (χ1v) is 5.15. The van der Waals surface area contributed by atoms with Crippen molar-refractivity contribution in [2.24, 2.45) is 0 Å². The summed E-state index contributed by atoms with van der Waals surface area (Å²) in [6.07, 6.45) is 1.27. The Bertz CT molecular complexity index is 373. The van der Waals surface area contributed by atoms with Crippen LogP contribution in [0, 0.1) is 23.3 Å². The van der Waals surface area contributed by atoms with Gasteiger partial charge in [-0.05, 0) is 19.4 Å². The third-order valence-corrected chi connectivity index (χ3v) is 2.85. The number of hydrogen-bond acceptors (Lipinski definition) is 1. The van der Waals surface area contributed by atoms with E-state index in [4.69, 9.17) is 0 Å². The molecule has 0 aliphatic carbocycles. The van der Waals surface area contributed by atoms with Gasteiger partial charge < -0.3 is 5.32 Å². The highest BCUT2D eigenvalue weighted by atomic mass is 19.2. The summed E-state index contributed by atoms with van der Waals surface area (Å²) in [5.74, 6) is -5.71. The number of rotatable bonds is 1. The van der Waals surface area contributed by atoms with Crippen LogP contribution in [0.4, 0.5) is 17.6 Å². The van der Waals surface area contributed by atoms with Crippen molar-refractivity contribution in [3.05, 3.63) is 34.9 Å². The molecule has 2 rings (SSSR count). The summed E-state index contributed by atoms with van der Waals surface area (Å²) in [4.78, 5) is 0. The van der Waals surface area contributed by atoms with Gasteiger partial charge in [0.05, 0.1) is 0 Å². The molecule has 0 amide bonds. The second-order valence-corrected chi connectivity index (χ2v) is 3.93. The Morgan fingerprint density at radius 3 is 2.19 bits per heavy atom. The van der Waals surface area contributed by atoms with Crippen molar-refractivity contribution in [3.8, 4) is 0 Å². The molecule has 0 bridgehead atoms. The summed E-state index contributed by atoms with van der Waals surface area (Å²) >= 11 is 0. The van der Waals surface area contributed by atoms with E-state index in [9.17, 15) is 17.6 Å². The molecule has 1 N–H and O–H groups in total. The summed E-state index contributed by atoms with van der Waals surface area (Å²) in [6.45, 7) is 1.11. The molecule has 1 nitrogen and oxygen atoms in total. The maximum Gasteiger partial charge on any atom is 0.165 e. The van der Waals surface area contributed by atoms with Gasteiger partial charge in [-0.1, -0.05) is 0 Å². The normalized spacial score (nSPS) is 21.1. The van der Waals surface area contributed by atoms with Gasteiger partial charge in [-0.3, -0.25) is 0 Å². The molecular weight excluding hydrogens is 222 g/mol. The fraction of sp³-hybridized carbons (Fsp3) is 0.455. The number of benzene rings is 1. The van der Waals surface area contributed by atoms with Crippen LogP contribution >= 0.6 is 0 Å². The molecule has 0 spiro atoms. The van der Waals surface area contributed by atoms with Crippen LogP contribution in [0.1, 0.15) is 24.3 Å². The monoisotopic (exact) mass is 233 g/mol. The van der Waals surface area contributed by atoms with Crippen LogP contribution < -0.4 is 5.32 Å². The van der Waals surface area contributed by atoms with Crippen molar-refractivity contribution >= 4 is 0 Å². The quantitative estimate of drug-likeness (QED) is 0.581. The van der Waals surface area contributed by atoms with Crippen molar-refractivity contribution in [1.29, 1.82) is 0 Å². The van der Waals surface area contributed by atoms with Crippen molar-refractivity contribution in [3.63, 3.8) is 0 Å². The Labute approximate surface area is 90.5 Å². The van der Waals surface area contributed by atoms with E-state index in [1.54, 1.807) is 0 Å². The predicted octanol–water partition coefficient (Wildman–Crippen LogP) is 2.71. The van der Waals surface area contributed by atoms with Crippen LogP contribution in [0.2, 0.25) is 0 Å². The molecule has 1 aliphatic heterocycles. The first-order valence-electron chi connectivity index (χ1n) is 5.15. The van der Waals surface area contributed by atoms with Gasteiger partial charge >= 0.3 is 0 Å². The molecular formula is C11H11F4N. The minimum Gasteiger partial charge on any atom is -0.316 e. The fourth-order valence-electron chi connectivity index (χ4n) is 2.05. The minimum absolute atomic E-state index is 0.240. The second kappa shape index (κ2) is 4.41. The van der Waals surface area contributed by atoms with Crippen LogP contribution in [-0.2, 0) is 0 Å². The Morgan fingerprint density at radius 2 is 1.69 bits per heavy atom. The van der Waals surface area contributed by atoms with E-state index in [1.165, 1.54) is 0 Å². The fourth-order valence-corrected chi connectivity index (χ4v) is 2.05. The maximum atomic E-state index is 13.4. The molecule has 88 valence electrons. The number of halogens is 4. The molecule has 0 saturated carbocycles. The van der Waals surface area contributed by atoms with Crippen LogP contribution in [0.25, 0.3) is 0 Å². The number of nitrogens with one attached hydrogen (secondary N) is 1. The summed E-state index contributed by atoms with van der Waals surface area (Å²) in [5, 5.41) is 2.95. The van der Waals surface area contributed by atoms with Gasteiger partial charge in [0.1, 0.15) is 0 Å². The predicted molar refractivity (Wildman–Crippen MR) is 51.1 cm³/mol. The summed E-state index contributed by atoms with van der Waals surface area (Å²) in [6, 6.07) is 0.240. The minimum atomic E-state index is -1.33. The smallest absolute Gasteiger partial charge is 0.165 e. The lowest BCUT2D eigenvalue weighted by molar-refractivity contribution is 0.392. The van der Waals surface area contributed by atoms with E-state index in [0.717, 1.165) is 13.0 Å². The third kappa shape index (κ3) is 1.91. The first-order chi connectivity index (χ1) is 7.61. The molecule has 1 fully saturated rings. The van der Waals surface area contributed by atoms with Crippen molar-refractivity contribution in [2.75, 3.05) is 13.1 Å². The summed E-state index contributed by atoms with van der Waals surface area (Å²) in [5.41, 5.74) is -0.468. The molecule has 5 heteroatoms. The van der Waals surface area contributed by atoms with Crippen molar-refractivity contribution < 1.29 is 17.6 Å². The van der Waals surface area contributed by atoms with Crippen molar-refractivity contribution in [2.45, 2.75) is 18.8 Å². The zero-order valence-corrected chi connectivity index (χ0v) is 8.49. The van der Waals surface area contributed by atoms with Crippen LogP contribution in [0.15, 0.2) is 6.07 Å². The molecule has 1 saturated heterocycles. The lowest BCUT2D eigenvalue weighted by Gasteiger charge is -2.24. The van der Waals surface area contributed by atoms with Gasteiger partial charge in [-0.25, -0.2) is 17.6 Å². The lowest BCUT2D eigenvalue weighted by Crippen LogP contribution is -2.29. The van der Waals surface area contributed by atoms with E-state index in [-0.39, 0.29) is 6.07 Å². The average Bonchev–Trinajstić information content (AvgIpc) is 2.28. The van der Waals surface area contributed by atoms with Gasteiger partial charge in [0, 0.05) is 24.1 Å². The maximum absolute atomic E-state index is 13.4. The highest BCUT2D eigenvalue weighted by molar-refractivity contribution is 5.27. The van der Waals surface area contributed by atoms with Gasteiger partial charge in [0.25, 0.3) is 0 Å². The molecule has 0 aromatic heterocycles.